The Labute approximate surface area is 150 Å². The fourth-order valence-electron chi connectivity index (χ4n) is 2.62. The number of hydrogen-bond acceptors (Lipinski definition) is 5. The van der Waals surface area contributed by atoms with E-state index in [1.54, 1.807) is 41.0 Å². The van der Waals surface area contributed by atoms with Crippen molar-refractivity contribution in [3.63, 3.8) is 0 Å². The molecule has 0 bridgehead atoms. The summed E-state index contributed by atoms with van der Waals surface area (Å²) >= 11 is 5.97. The third-order valence-corrected chi connectivity index (χ3v) is 4.17. The molecule has 2 aromatic rings. The second kappa shape index (κ2) is 7.57. The number of hydrogen-bond donors (Lipinski definition) is 0. The zero-order chi connectivity index (χ0) is 17.8. The number of amides is 2. The van der Waals surface area contributed by atoms with Gasteiger partial charge in [-0.25, -0.2) is 4.79 Å². The Morgan fingerprint density at radius 2 is 1.92 bits per heavy atom. The summed E-state index contributed by atoms with van der Waals surface area (Å²) in [7, 11) is 0. The molecule has 1 aliphatic rings. The molecule has 0 spiro atoms. The predicted octanol–water partition coefficient (Wildman–Crippen LogP) is 2.91. The molecule has 8 heteroatoms. The van der Waals surface area contributed by atoms with Crippen LogP contribution in [-0.2, 0) is 4.74 Å². The topological polar surface area (TPSA) is 75.9 Å². The summed E-state index contributed by atoms with van der Waals surface area (Å²) in [5.74, 6) is 0.261. The van der Waals surface area contributed by atoms with Crippen LogP contribution in [0.5, 0.6) is 0 Å². The van der Waals surface area contributed by atoms with Crippen molar-refractivity contribution in [1.82, 2.24) is 15.0 Å². The first-order valence-corrected chi connectivity index (χ1v) is 8.40. The van der Waals surface area contributed by atoms with Crippen molar-refractivity contribution in [3.05, 3.63) is 41.0 Å². The monoisotopic (exact) mass is 363 g/mol. The first kappa shape index (κ1) is 17.3. The average molecular weight is 364 g/mol. The fourth-order valence-corrected chi connectivity index (χ4v) is 2.81. The molecule has 0 N–H and O–H groups in total. The number of carbonyl (C=O) groups excluding carboxylic acids is 2. The molecular formula is C17H18ClN3O4. The summed E-state index contributed by atoms with van der Waals surface area (Å²) in [6.07, 6.45) is -0.348. The van der Waals surface area contributed by atoms with Crippen LogP contribution in [0.15, 0.2) is 34.9 Å². The lowest BCUT2D eigenvalue weighted by Gasteiger charge is -2.33. The lowest BCUT2D eigenvalue weighted by atomic mass is 10.1. The van der Waals surface area contributed by atoms with Crippen LogP contribution in [0.25, 0.3) is 11.3 Å². The summed E-state index contributed by atoms with van der Waals surface area (Å²) in [5, 5.41) is 4.45. The number of carbonyl (C=O) groups is 2. The van der Waals surface area contributed by atoms with E-state index in [4.69, 9.17) is 20.9 Å². The molecule has 1 aliphatic heterocycles. The van der Waals surface area contributed by atoms with Gasteiger partial charge in [0.15, 0.2) is 11.5 Å². The molecule has 0 radical (unpaired) electrons. The number of rotatable bonds is 3. The van der Waals surface area contributed by atoms with Crippen LogP contribution in [0.3, 0.4) is 0 Å². The lowest BCUT2D eigenvalue weighted by Crippen LogP contribution is -2.50. The smallest absolute Gasteiger partial charge is 0.409 e. The minimum absolute atomic E-state index is 0.222. The number of aromatic nitrogens is 1. The molecule has 0 unspecified atom stereocenters. The molecule has 0 saturated carbocycles. The van der Waals surface area contributed by atoms with Crippen molar-refractivity contribution < 1.29 is 18.8 Å². The second-order valence-corrected chi connectivity index (χ2v) is 6.00. The van der Waals surface area contributed by atoms with Gasteiger partial charge in [-0.05, 0) is 19.1 Å². The zero-order valence-corrected chi connectivity index (χ0v) is 14.5. The van der Waals surface area contributed by atoms with Gasteiger partial charge in [0.2, 0.25) is 0 Å². The van der Waals surface area contributed by atoms with E-state index in [-0.39, 0.29) is 17.7 Å². The van der Waals surface area contributed by atoms with Gasteiger partial charge in [-0.3, -0.25) is 4.79 Å². The molecule has 1 fully saturated rings. The maximum atomic E-state index is 12.6. The van der Waals surface area contributed by atoms with E-state index in [0.717, 1.165) is 5.56 Å². The van der Waals surface area contributed by atoms with E-state index in [1.165, 1.54) is 0 Å². The van der Waals surface area contributed by atoms with Crippen LogP contribution in [0.1, 0.15) is 17.4 Å². The van der Waals surface area contributed by atoms with Crippen molar-refractivity contribution in [1.29, 1.82) is 0 Å². The van der Waals surface area contributed by atoms with Gasteiger partial charge >= 0.3 is 6.09 Å². The highest BCUT2D eigenvalue weighted by molar-refractivity contribution is 6.30. The van der Waals surface area contributed by atoms with E-state index in [9.17, 15) is 9.59 Å². The Balaban J connectivity index is 1.64. The van der Waals surface area contributed by atoms with Gasteiger partial charge in [-0.2, -0.15) is 0 Å². The standard InChI is InChI=1S/C17H18ClN3O4/c1-2-24-17(23)21-8-6-20(7-9-21)16(22)14-11-15(25-19-14)12-4-3-5-13(18)10-12/h3-5,10-11H,2,6-9H2,1H3. The van der Waals surface area contributed by atoms with Gasteiger partial charge in [0.25, 0.3) is 5.91 Å². The molecule has 1 aromatic carbocycles. The van der Waals surface area contributed by atoms with Gasteiger partial charge in [0.05, 0.1) is 6.61 Å². The summed E-state index contributed by atoms with van der Waals surface area (Å²) in [6.45, 7) is 3.82. The zero-order valence-electron chi connectivity index (χ0n) is 13.8. The molecule has 132 valence electrons. The van der Waals surface area contributed by atoms with Crippen LogP contribution >= 0.6 is 11.6 Å². The van der Waals surface area contributed by atoms with Crippen molar-refractivity contribution in [3.8, 4) is 11.3 Å². The first-order valence-electron chi connectivity index (χ1n) is 8.02. The molecule has 7 nitrogen and oxygen atoms in total. The molecule has 0 atom stereocenters. The highest BCUT2D eigenvalue weighted by atomic mass is 35.5. The molecule has 25 heavy (non-hydrogen) atoms. The van der Waals surface area contributed by atoms with Crippen molar-refractivity contribution in [2.45, 2.75) is 6.92 Å². The number of ether oxygens (including phenoxy) is 1. The normalized spacial score (nSPS) is 14.5. The van der Waals surface area contributed by atoms with Gasteiger partial charge in [-0.15, -0.1) is 0 Å². The minimum Gasteiger partial charge on any atom is -0.450 e. The van der Waals surface area contributed by atoms with Gasteiger partial charge < -0.3 is 19.1 Å². The summed E-state index contributed by atoms with van der Waals surface area (Å²) in [6, 6.07) is 8.74. The maximum absolute atomic E-state index is 12.6. The predicted molar refractivity (Wildman–Crippen MR) is 91.4 cm³/mol. The molecular weight excluding hydrogens is 346 g/mol. The van der Waals surface area contributed by atoms with E-state index in [2.05, 4.69) is 5.16 Å². The van der Waals surface area contributed by atoms with Crippen LogP contribution < -0.4 is 0 Å². The van der Waals surface area contributed by atoms with E-state index in [0.29, 0.717) is 43.6 Å². The third-order valence-electron chi connectivity index (χ3n) is 3.93. The summed E-state index contributed by atoms with van der Waals surface area (Å²) < 4.78 is 10.2. The van der Waals surface area contributed by atoms with Crippen LogP contribution in [-0.4, -0.2) is 59.7 Å². The lowest BCUT2D eigenvalue weighted by molar-refractivity contribution is 0.0562. The SMILES string of the molecule is CCOC(=O)N1CCN(C(=O)c2cc(-c3cccc(Cl)c3)on2)CC1. The van der Waals surface area contributed by atoms with Gasteiger partial charge in [0.1, 0.15) is 0 Å². The average Bonchev–Trinajstić information content (AvgIpc) is 3.11. The Bertz CT molecular complexity index is 769. The highest BCUT2D eigenvalue weighted by Crippen LogP contribution is 2.24. The number of piperazine rings is 1. The highest BCUT2D eigenvalue weighted by Gasteiger charge is 2.27. The van der Waals surface area contributed by atoms with E-state index >= 15 is 0 Å². The van der Waals surface area contributed by atoms with Crippen molar-refractivity contribution in [2.75, 3.05) is 32.8 Å². The minimum atomic E-state index is -0.348. The van der Waals surface area contributed by atoms with E-state index < -0.39 is 0 Å². The molecule has 2 amide bonds. The first-order chi connectivity index (χ1) is 12.1. The maximum Gasteiger partial charge on any atom is 0.409 e. The van der Waals surface area contributed by atoms with Gasteiger partial charge in [-0.1, -0.05) is 28.9 Å². The fraction of sp³-hybridized carbons (Fsp3) is 0.353. The van der Waals surface area contributed by atoms with Crippen molar-refractivity contribution >= 4 is 23.6 Å². The van der Waals surface area contributed by atoms with Gasteiger partial charge in [0, 0.05) is 42.8 Å². The van der Waals surface area contributed by atoms with Crippen molar-refractivity contribution in [2.24, 2.45) is 0 Å². The molecule has 1 saturated heterocycles. The largest absolute Gasteiger partial charge is 0.450 e. The third kappa shape index (κ3) is 3.93. The molecule has 2 heterocycles. The molecule has 0 aliphatic carbocycles. The van der Waals surface area contributed by atoms with Crippen LogP contribution in [0.4, 0.5) is 4.79 Å². The number of halogens is 1. The quantitative estimate of drug-likeness (QED) is 0.838. The summed E-state index contributed by atoms with van der Waals surface area (Å²) in [5.41, 5.74) is 0.991. The Hall–Kier alpha value is -2.54. The number of nitrogens with zero attached hydrogens (tertiary/aromatic N) is 3. The van der Waals surface area contributed by atoms with Crippen LogP contribution in [0, 0.1) is 0 Å². The summed E-state index contributed by atoms with van der Waals surface area (Å²) in [4.78, 5) is 27.5. The Morgan fingerprint density at radius 3 is 2.60 bits per heavy atom. The van der Waals surface area contributed by atoms with Crippen LogP contribution in [0.2, 0.25) is 5.02 Å². The molecule has 3 rings (SSSR count). The molecule has 1 aromatic heterocycles. The second-order valence-electron chi connectivity index (χ2n) is 5.56. The van der Waals surface area contributed by atoms with E-state index in [1.807, 2.05) is 6.07 Å². The Kier molecular flexibility index (Phi) is 5.23. The Morgan fingerprint density at radius 1 is 1.20 bits per heavy atom. The number of benzene rings is 1.